The van der Waals surface area contributed by atoms with Gasteiger partial charge in [0.05, 0.1) is 18.8 Å². The van der Waals surface area contributed by atoms with Crippen molar-refractivity contribution < 1.29 is 9.84 Å². The van der Waals surface area contributed by atoms with E-state index in [0.29, 0.717) is 0 Å². The normalized spacial score (nSPS) is 23.2. The number of aliphatic hydroxyl groups is 1. The molecule has 0 saturated carbocycles. The van der Waals surface area contributed by atoms with E-state index >= 15 is 0 Å². The van der Waals surface area contributed by atoms with Crippen molar-refractivity contribution in [1.29, 1.82) is 0 Å². The van der Waals surface area contributed by atoms with Crippen molar-refractivity contribution in [3.05, 3.63) is 23.9 Å². The number of aromatic nitrogens is 1. The SMILES string of the molecule is CC1CN(c2cc([C@H](C)O)ccn2)CCO1. The fourth-order valence-corrected chi connectivity index (χ4v) is 1.89. The highest BCUT2D eigenvalue weighted by molar-refractivity contribution is 5.42. The molecule has 1 N–H and O–H groups in total. The zero-order chi connectivity index (χ0) is 11.5. The summed E-state index contributed by atoms with van der Waals surface area (Å²) < 4.78 is 5.49. The van der Waals surface area contributed by atoms with E-state index in [0.717, 1.165) is 31.1 Å². The average Bonchev–Trinajstić information content (AvgIpc) is 2.29. The van der Waals surface area contributed by atoms with Crippen molar-refractivity contribution in [2.45, 2.75) is 26.1 Å². The van der Waals surface area contributed by atoms with Crippen molar-refractivity contribution >= 4 is 5.82 Å². The van der Waals surface area contributed by atoms with Crippen LogP contribution < -0.4 is 4.90 Å². The van der Waals surface area contributed by atoms with Gasteiger partial charge in [-0.15, -0.1) is 0 Å². The van der Waals surface area contributed by atoms with E-state index in [-0.39, 0.29) is 6.10 Å². The first-order valence-electron chi connectivity index (χ1n) is 5.67. The van der Waals surface area contributed by atoms with Crippen LogP contribution in [0.3, 0.4) is 0 Å². The van der Waals surface area contributed by atoms with Crippen LogP contribution in [0.25, 0.3) is 0 Å². The highest BCUT2D eigenvalue weighted by Gasteiger charge is 2.18. The molecule has 2 heterocycles. The summed E-state index contributed by atoms with van der Waals surface area (Å²) in [5, 5.41) is 9.53. The van der Waals surface area contributed by atoms with E-state index in [1.54, 1.807) is 13.1 Å². The van der Waals surface area contributed by atoms with Gasteiger partial charge in [0.25, 0.3) is 0 Å². The Hall–Kier alpha value is -1.13. The number of aliphatic hydroxyl groups excluding tert-OH is 1. The largest absolute Gasteiger partial charge is 0.389 e. The average molecular weight is 222 g/mol. The molecule has 0 radical (unpaired) electrons. The Bertz CT molecular complexity index is 355. The van der Waals surface area contributed by atoms with E-state index in [1.165, 1.54) is 0 Å². The molecule has 4 heteroatoms. The van der Waals surface area contributed by atoms with Gasteiger partial charge in [0, 0.05) is 19.3 Å². The van der Waals surface area contributed by atoms with E-state index in [4.69, 9.17) is 4.74 Å². The minimum atomic E-state index is -0.444. The second-order valence-electron chi connectivity index (χ2n) is 4.25. The molecule has 2 atom stereocenters. The molecule has 4 nitrogen and oxygen atoms in total. The maximum absolute atomic E-state index is 9.53. The molecular formula is C12H18N2O2. The number of morpholine rings is 1. The van der Waals surface area contributed by atoms with Crippen molar-refractivity contribution in [2.24, 2.45) is 0 Å². The van der Waals surface area contributed by atoms with Crippen molar-refractivity contribution in [1.82, 2.24) is 4.98 Å². The highest BCUT2D eigenvalue weighted by Crippen LogP contribution is 2.19. The molecule has 0 spiro atoms. The Kier molecular flexibility index (Phi) is 3.41. The molecule has 0 aliphatic carbocycles. The zero-order valence-electron chi connectivity index (χ0n) is 9.76. The second kappa shape index (κ2) is 4.80. The number of hydrogen-bond donors (Lipinski definition) is 1. The molecule has 1 aromatic heterocycles. The van der Waals surface area contributed by atoms with Gasteiger partial charge in [0.2, 0.25) is 0 Å². The van der Waals surface area contributed by atoms with Gasteiger partial charge in [0.1, 0.15) is 5.82 Å². The zero-order valence-corrected chi connectivity index (χ0v) is 9.76. The Labute approximate surface area is 95.9 Å². The molecule has 1 fully saturated rings. The summed E-state index contributed by atoms with van der Waals surface area (Å²) >= 11 is 0. The van der Waals surface area contributed by atoms with Crippen LogP contribution in [0.2, 0.25) is 0 Å². The molecule has 2 rings (SSSR count). The Morgan fingerprint density at radius 2 is 2.44 bits per heavy atom. The minimum absolute atomic E-state index is 0.241. The number of pyridine rings is 1. The van der Waals surface area contributed by atoms with Crippen molar-refractivity contribution in [3.63, 3.8) is 0 Å². The lowest BCUT2D eigenvalue weighted by molar-refractivity contribution is 0.0529. The molecule has 0 amide bonds. The number of anilines is 1. The predicted octanol–water partition coefficient (Wildman–Crippen LogP) is 1.36. The molecule has 1 unspecified atom stereocenters. The van der Waals surface area contributed by atoms with Crippen LogP contribution >= 0.6 is 0 Å². The summed E-state index contributed by atoms with van der Waals surface area (Å²) in [4.78, 5) is 6.53. The molecule has 0 aromatic carbocycles. The molecule has 1 aliphatic rings. The van der Waals surface area contributed by atoms with E-state index < -0.39 is 6.10 Å². The van der Waals surface area contributed by atoms with Crippen LogP contribution in [0.15, 0.2) is 18.3 Å². The van der Waals surface area contributed by atoms with Crippen LogP contribution in [0.5, 0.6) is 0 Å². The van der Waals surface area contributed by atoms with Crippen LogP contribution in [0.1, 0.15) is 25.5 Å². The molecule has 1 aliphatic heterocycles. The standard InChI is InChI=1S/C12H18N2O2/c1-9-8-14(5-6-16-9)12-7-11(10(2)15)3-4-13-12/h3-4,7,9-10,15H,5-6,8H2,1-2H3/t9?,10-/m0/s1. The summed E-state index contributed by atoms with van der Waals surface area (Å²) in [6.07, 6.45) is 1.54. The van der Waals surface area contributed by atoms with Gasteiger partial charge in [-0.2, -0.15) is 0 Å². The molecular weight excluding hydrogens is 204 g/mol. The van der Waals surface area contributed by atoms with Gasteiger partial charge >= 0.3 is 0 Å². The fraction of sp³-hybridized carbons (Fsp3) is 0.583. The smallest absolute Gasteiger partial charge is 0.129 e. The van der Waals surface area contributed by atoms with Gasteiger partial charge in [-0.3, -0.25) is 0 Å². The van der Waals surface area contributed by atoms with Crippen LogP contribution in [-0.2, 0) is 4.74 Å². The van der Waals surface area contributed by atoms with Crippen molar-refractivity contribution in [3.8, 4) is 0 Å². The van der Waals surface area contributed by atoms with E-state index in [1.807, 2.05) is 12.1 Å². The van der Waals surface area contributed by atoms with Gasteiger partial charge in [-0.05, 0) is 31.5 Å². The topological polar surface area (TPSA) is 45.6 Å². The second-order valence-corrected chi connectivity index (χ2v) is 4.25. The Morgan fingerprint density at radius 3 is 3.12 bits per heavy atom. The third kappa shape index (κ3) is 2.51. The number of ether oxygens (including phenoxy) is 1. The lowest BCUT2D eigenvalue weighted by atomic mass is 10.1. The lowest BCUT2D eigenvalue weighted by Crippen LogP contribution is -2.41. The molecule has 0 bridgehead atoms. The Balaban J connectivity index is 2.16. The lowest BCUT2D eigenvalue weighted by Gasteiger charge is -2.32. The predicted molar refractivity (Wildman–Crippen MR) is 62.5 cm³/mol. The third-order valence-corrected chi connectivity index (χ3v) is 2.82. The number of nitrogens with zero attached hydrogens (tertiary/aromatic N) is 2. The van der Waals surface area contributed by atoms with Gasteiger partial charge in [-0.25, -0.2) is 4.98 Å². The quantitative estimate of drug-likeness (QED) is 0.820. The monoisotopic (exact) mass is 222 g/mol. The first kappa shape index (κ1) is 11.4. The van der Waals surface area contributed by atoms with Gasteiger partial charge < -0.3 is 14.7 Å². The molecule has 1 aromatic rings. The summed E-state index contributed by atoms with van der Waals surface area (Å²) in [5.74, 6) is 0.925. The van der Waals surface area contributed by atoms with Crippen molar-refractivity contribution in [2.75, 3.05) is 24.6 Å². The fourth-order valence-electron chi connectivity index (χ4n) is 1.89. The number of hydrogen-bond acceptors (Lipinski definition) is 4. The minimum Gasteiger partial charge on any atom is -0.389 e. The van der Waals surface area contributed by atoms with Gasteiger partial charge in [0.15, 0.2) is 0 Å². The summed E-state index contributed by atoms with van der Waals surface area (Å²) in [6.45, 7) is 6.28. The van der Waals surface area contributed by atoms with Crippen LogP contribution in [-0.4, -0.2) is 35.9 Å². The first-order chi connectivity index (χ1) is 7.66. The summed E-state index contributed by atoms with van der Waals surface area (Å²) in [7, 11) is 0. The summed E-state index contributed by atoms with van der Waals surface area (Å²) in [5.41, 5.74) is 0.907. The molecule has 16 heavy (non-hydrogen) atoms. The maximum atomic E-state index is 9.53. The van der Waals surface area contributed by atoms with Crippen LogP contribution in [0.4, 0.5) is 5.82 Å². The first-order valence-corrected chi connectivity index (χ1v) is 5.67. The molecule has 1 saturated heterocycles. The van der Waals surface area contributed by atoms with Crippen LogP contribution in [0, 0.1) is 0 Å². The Morgan fingerprint density at radius 1 is 1.62 bits per heavy atom. The number of rotatable bonds is 2. The van der Waals surface area contributed by atoms with Gasteiger partial charge in [-0.1, -0.05) is 0 Å². The molecule has 88 valence electrons. The third-order valence-electron chi connectivity index (χ3n) is 2.82. The maximum Gasteiger partial charge on any atom is 0.129 e. The summed E-state index contributed by atoms with van der Waals surface area (Å²) in [6, 6.07) is 3.79. The van der Waals surface area contributed by atoms with E-state index in [9.17, 15) is 5.11 Å². The van der Waals surface area contributed by atoms with E-state index in [2.05, 4.69) is 16.8 Å². The highest BCUT2D eigenvalue weighted by atomic mass is 16.5.